The van der Waals surface area contributed by atoms with Crippen molar-refractivity contribution in [2.24, 2.45) is 5.92 Å². The Morgan fingerprint density at radius 1 is 1.00 bits per heavy atom. The molecule has 0 aliphatic rings. The fourth-order valence-electron chi connectivity index (χ4n) is 0.921. The fourth-order valence-corrected chi connectivity index (χ4v) is 0.921. The highest BCUT2D eigenvalue weighted by atomic mass is 19.3. The van der Waals surface area contributed by atoms with E-state index in [0.717, 1.165) is 6.92 Å². The second-order valence-corrected chi connectivity index (χ2v) is 3.36. The third-order valence-corrected chi connectivity index (χ3v) is 1.64. The van der Waals surface area contributed by atoms with Crippen molar-refractivity contribution in [2.45, 2.75) is 45.5 Å². The Morgan fingerprint density at radius 2 is 1.42 bits per heavy atom. The van der Waals surface area contributed by atoms with Gasteiger partial charge in [-0.2, -0.15) is 17.6 Å². The largest absolute Gasteiger partial charge is 0.310 e. The van der Waals surface area contributed by atoms with Crippen LogP contribution in [0.15, 0.2) is 0 Å². The first-order chi connectivity index (χ1) is 5.23. The van der Waals surface area contributed by atoms with Gasteiger partial charge in [-0.3, -0.25) is 0 Å². The average Bonchev–Trinajstić information content (AvgIpc) is 1.84. The van der Waals surface area contributed by atoms with Crippen molar-refractivity contribution in [2.75, 3.05) is 0 Å². The highest BCUT2D eigenvalue weighted by Gasteiger charge is 2.54. The van der Waals surface area contributed by atoms with Crippen LogP contribution in [-0.2, 0) is 0 Å². The summed E-state index contributed by atoms with van der Waals surface area (Å²) >= 11 is 0. The number of hydrogen-bond donors (Lipinski definition) is 0. The van der Waals surface area contributed by atoms with E-state index in [9.17, 15) is 17.6 Å². The molecule has 0 atom stereocenters. The van der Waals surface area contributed by atoms with Gasteiger partial charge in [0.2, 0.25) is 0 Å². The maximum atomic E-state index is 12.7. The van der Waals surface area contributed by atoms with Crippen molar-refractivity contribution in [1.82, 2.24) is 0 Å². The van der Waals surface area contributed by atoms with E-state index in [1.807, 2.05) is 0 Å². The summed E-state index contributed by atoms with van der Waals surface area (Å²) < 4.78 is 50.5. The van der Waals surface area contributed by atoms with Crippen LogP contribution in [0, 0.1) is 5.92 Å². The molecule has 4 heteroatoms. The van der Waals surface area contributed by atoms with Crippen LogP contribution in [0.25, 0.3) is 0 Å². The van der Waals surface area contributed by atoms with Gasteiger partial charge in [0.15, 0.2) is 0 Å². The third-order valence-electron chi connectivity index (χ3n) is 1.64. The normalized spacial score (nSPS) is 14.0. The maximum Gasteiger partial charge on any atom is 0.310 e. The van der Waals surface area contributed by atoms with E-state index >= 15 is 0 Å². The van der Waals surface area contributed by atoms with E-state index in [2.05, 4.69) is 0 Å². The summed E-state index contributed by atoms with van der Waals surface area (Å²) in [5, 5.41) is 0. The number of rotatable bonds is 4. The molecule has 0 heterocycles. The molecule has 12 heavy (non-hydrogen) atoms. The van der Waals surface area contributed by atoms with Crippen molar-refractivity contribution < 1.29 is 17.6 Å². The maximum absolute atomic E-state index is 12.7. The van der Waals surface area contributed by atoms with Gasteiger partial charge in [0.05, 0.1) is 0 Å². The van der Waals surface area contributed by atoms with E-state index in [4.69, 9.17) is 0 Å². The van der Waals surface area contributed by atoms with Crippen LogP contribution in [0.1, 0.15) is 33.6 Å². The number of alkyl halides is 4. The van der Waals surface area contributed by atoms with Crippen molar-refractivity contribution in [3.8, 4) is 0 Å². The molecule has 0 nitrogen and oxygen atoms in total. The fraction of sp³-hybridized carbons (Fsp3) is 1.00. The molecule has 0 rings (SSSR count). The van der Waals surface area contributed by atoms with Crippen LogP contribution in [0.3, 0.4) is 0 Å². The summed E-state index contributed by atoms with van der Waals surface area (Å²) in [6, 6.07) is 0. The Hall–Kier alpha value is -0.280. The molecule has 0 aliphatic heterocycles. The van der Waals surface area contributed by atoms with Gasteiger partial charge in [0, 0.05) is 12.8 Å². The topological polar surface area (TPSA) is 0 Å². The molecular weight excluding hydrogens is 172 g/mol. The van der Waals surface area contributed by atoms with Crippen molar-refractivity contribution in [3.05, 3.63) is 0 Å². The predicted octanol–water partition coefficient (Wildman–Crippen LogP) is 3.71. The lowest BCUT2D eigenvalue weighted by Crippen LogP contribution is -2.40. The average molecular weight is 186 g/mol. The Labute approximate surface area is 70.0 Å². The van der Waals surface area contributed by atoms with Crippen LogP contribution in [0.2, 0.25) is 0 Å². The zero-order chi connectivity index (χ0) is 9.99. The van der Waals surface area contributed by atoms with Gasteiger partial charge in [0.1, 0.15) is 0 Å². The van der Waals surface area contributed by atoms with Crippen LogP contribution in [0.5, 0.6) is 0 Å². The van der Waals surface area contributed by atoms with E-state index < -0.39 is 30.6 Å². The molecule has 0 unspecified atom stereocenters. The Bertz CT molecular complexity index is 140. The third kappa shape index (κ3) is 2.64. The summed E-state index contributed by atoms with van der Waals surface area (Å²) in [6.45, 7) is 4.06. The van der Waals surface area contributed by atoms with Crippen molar-refractivity contribution >= 4 is 0 Å². The molecule has 0 spiro atoms. The quantitative estimate of drug-likeness (QED) is 0.587. The lowest BCUT2D eigenvalue weighted by Gasteiger charge is -2.26. The minimum Gasteiger partial charge on any atom is -0.200 e. The first kappa shape index (κ1) is 11.7. The molecule has 0 bridgehead atoms. The van der Waals surface area contributed by atoms with Crippen molar-refractivity contribution in [3.63, 3.8) is 0 Å². The van der Waals surface area contributed by atoms with Gasteiger partial charge in [-0.25, -0.2) is 0 Å². The Morgan fingerprint density at radius 3 is 1.67 bits per heavy atom. The Balaban J connectivity index is 4.37. The van der Waals surface area contributed by atoms with Gasteiger partial charge in [-0.15, -0.1) is 0 Å². The minimum absolute atomic E-state index is 0.419. The second-order valence-electron chi connectivity index (χ2n) is 3.36. The first-order valence-corrected chi connectivity index (χ1v) is 3.98. The lowest BCUT2D eigenvalue weighted by molar-refractivity contribution is -0.217. The van der Waals surface area contributed by atoms with Crippen LogP contribution < -0.4 is 0 Å². The number of hydrogen-bond acceptors (Lipinski definition) is 0. The molecule has 0 saturated heterocycles. The lowest BCUT2D eigenvalue weighted by atomic mass is 9.99. The van der Waals surface area contributed by atoms with Gasteiger partial charge in [-0.05, 0) is 5.92 Å². The van der Waals surface area contributed by atoms with Gasteiger partial charge >= 0.3 is 11.8 Å². The smallest absolute Gasteiger partial charge is 0.200 e. The van der Waals surface area contributed by atoms with Gasteiger partial charge in [-0.1, -0.05) is 20.8 Å². The molecule has 0 aromatic heterocycles. The first-order valence-electron chi connectivity index (χ1n) is 3.98. The van der Waals surface area contributed by atoms with E-state index in [1.165, 1.54) is 13.8 Å². The van der Waals surface area contributed by atoms with E-state index in [1.54, 1.807) is 0 Å². The summed E-state index contributed by atoms with van der Waals surface area (Å²) in [5.41, 5.74) is 0. The number of halogens is 4. The van der Waals surface area contributed by atoms with Crippen LogP contribution >= 0.6 is 0 Å². The SMILES string of the molecule is CCC(F)(F)C(F)(F)CC(C)C. The van der Waals surface area contributed by atoms with Crippen molar-refractivity contribution in [1.29, 1.82) is 0 Å². The summed E-state index contributed by atoms with van der Waals surface area (Å²) in [5.74, 6) is -8.15. The molecule has 0 aliphatic carbocycles. The second kappa shape index (κ2) is 3.62. The zero-order valence-electron chi connectivity index (χ0n) is 7.50. The molecule has 0 radical (unpaired) electrons. The summed E-state index contributed by atoms with van der Waals surface area (Å²) in [4.78, 5) is 0. The molecule has 74 valence electrons. The van der Waals surface area contributed by atoms with Crippen LogP contribution in [0.4, 0.5) is 17.6 Å². The molecule has 0 amide bonds. The molecule has 0 N–H and O–H groups in total. The Kier molecular flexibility index (Phi) is 3.54. The predicted molar refractivity (Wildman–Crippen MR) is 39.6 cm³/mol. The highest BCUT2D eigenvalue weighted by molar-refractivity contribution is 4.84. The molecule has 0 aromatic carbocycles. The van der Waals surface area contributed by atoms with Gasteiger partial charge in [0.25, 0.3) is 0 Å². The zero-order valence-corrected chi connectivity index (χ0v) is 7.50. The van der Waals surface area contributed by atoms with E-state index in [-0.39, 0.29) is 0 Å². The monoisotopic (exact) mass is 186 g/mol. The highest BCUT2D eigenvalue weighted by Crippen LogP contribution is 2.40. The van der Waals surface area contributed by atoms with Crippen LogP contribution in [-0.4, -0.2) is 11.8 Å². The molecular formula is C8H14F4. The summed E-state index contributed by atoms with van der Waals surface area (Å²) in [7, 11) is 0. The summed E-state index contributed by atoms with van der Waals surface area (Å²) in [6.07, 6.45) is -1.57. The van der Waals surface area contributed by atoms with Gasteiger partial charge < -0.3 is 0 Å². The van der Waals surface area contributed by atoms with E-state index in [0.29, 0.717) is 0 Å². The standard InChI is InChI=1S/C8H14F4/c1-4-7(9,10)8(11,12)5-6(2)3/h6H,4-5H2,1-3H3. The molecule has 0 aromatic rings. The minimum atomic E-state index is -3.87. The molecule has 0 saturated carbocycles. The molecule has 0 fully saturated rings.